The lowest BCUT2D eigenvalue weighted by Gasteiger charge is -2.60. The zero-order chi connectivity index (χ0) is 63.7. The average Bonchev–Trinajstić information content (AvgIpc) is 1.20. The van der Waals surface area contributed by atoms with E-state index in [1.54, 1.807) is 0 Å². The van der Waals surface area contributed by atoms with Gasteiger partial charge in [0.15, 0.2) is 0 Å². The number of rotatable bonds is 12. The highest BCUT2D eigenvalue weighted by Gasteiger charge is 2.56. The molecule has 1 aromatic carbocycles. The van der Waals surface area contributed by atoms with Crippen molar-refractivity contribution in [3.63, 3.8) is 0 Å². The van der Waals surface area contributed by atoms with Gasteiger partial charge in [-0.2, -0.15) is 13.2 Å². The molecule has 1 spiro atoms. The second kappa shape index (κ2) is 34.3. The Morgan fingerprint density at radius 3 is 2.22 bits per heavy atom. The van der Waals surface area contributed by atoms with Crippen molar-refractivity contribution < 1.29 is 18.0 Å². The number of fused-ring (bicyclic) bond motifs is 2. The predicted octanol–water partition coefficient (Wildman–Crippen LogP) is 12.9. The van der Waals surface area contributed by atoms with Crippen LogP contribution in [-0.4, -0.2) is 163 Å². The summed E-state index contributed by atoms with van der Waals surface area (Å²) < 4.78 is 41.0. The third-order valence-corrected chi connectivity index (χ3v) is 21.8. The number of amides is 1. The zero-order valence-electron chi connectivity index (χ0n) is 56.8. The quantitative estimate of drug-likeness (QED) is 0.120. The van der Waals surface area contributed by atoms with E-state index >= 15 is 0 Å². The largest absolute Gasteiger partial charge is 0.417 e. The monoisotopic (exact) mass is 1250 g/mol. The van der Waals surface area contributed by atoms with E-state index < -0.39 is 11.7 Å². The first-order chi connectivity index (χ1) is 42.0. The molecule has 6 aliphatic rings. The van der Waals surface area contributed by atoms with Crippen LogP contribution in [0.4, 0.5) is 13.2 Å². The van der Waals surface area contributed by atoms with Crippen LogP contribution in [0.3, 0.4) is 0 Å². The van der Waals surface area contributed by atoms with Gasteiger partial charge < -0.3 is 51.5 Å². The van der Waals surface area contributed by atoms with Gasteiger partial charge in [0.25, 0.3) is 0 Å². The molecule has 5 fully saturated rings. The molecule has 0 radical (unpaired) electrons. The van der Waals surface area contributed by atoms with Crippen LogP contribution in [0.5, 0.6) is 0 Å². The minimum absolute atomic E-state index is 0.0402. The van der Waals surface area contributed by atoms with Gasteiger partial charge in [0.05, 0.1) is 23.0 Å². The number of alkyl halides is 3. The number of carbonyl (C=O) groups is 1. The number of aliphatic imine (C=N–C) groups is 1. The molecule has 2 saturated carbocycles. The number of likely N-dealkylation sites (tertiary alicyclic amines) is 1. The molecule has 7 rings (SSSR count). The maximum absolute atomic E-state index is 14.5. The fraction of sp³-hybridized carbons (Fsp3) is 0.775. The number of aryl methyl sites for hydroxylation is 1. The van der Waals surface area contributed by atoms with Crippen molar-refractivity contribution in [3.8, 4) is 0 Å². The predicted molar refractivity (Wildman–Crippen MR) is 361 cm³/mol. The second-order valence-corrected chi connectivity index (χ2v) is 28.9. The van der Waals surface area contributed by atoms with Crippen molar-refractivity contribution in [2.24, 2.45) is 34.6 Å². The number of benzene rings is 1. The molecule has 4 aliphatic heterocycles. The van der Waals surface area contributed by atoms with E-state index in [0.717, 1.165) is 121 Å². The van der Waals surface area contributed by atoms with E-state index in [2.05, 4.69) is 159 Å². The minimum atomic E-state index is -4.51. The van der Waals surface area contributed by atoms with Crippen molar-refractivity contribution in [2.75, 3.05) is 66.5 Å². The molecule has 88 heavy (non-hydrogen) atoms. The zero-order valence-corrected chi connectivity index (χ0v) is 57.5. The lowest BCUT2D eigenvalue weighted by atomic mass is 9.74. The van der Waals surface area contributed by atoms with E-state index in [-0.39, 0.29) is 70.9 Å². The third-order valence-electron chi connectivity index (χ3n) is 21.5. The smallest absolute Gasteiger partial charge is 0.369 e. The Bertz CT molecular complexity index is 2450. The summed E-state index contributed by atoms with van der Waals surface area (Å²) in [4.78, 5) is 31.4. The summed E-state index contributed by atoms with van der Waals surface area (Å²) in [6.07, 6.45) is 27.5. The summed E-state index contributed by atoms with van der Waals surface area (Å²) in [5.41, 5.74) is 3.43. The normalized spacial score (nSPS) is 30.3. The molecule has 12 atom stereocenters. The molecule has 0 bridgehead atoms. The fourth-order valence-corrected chi connectivity index (χ4v) is 15.7. The first kappa shape index (κ1) is 71.8. The third kappa shape index (κ3) is 19.9. The molecule has 498 valence electrons. The maximum Gasteiger partial charge on any atom is 0.417 e. The lowest BCUT2D eigenvalue weighted by molar-refractivity contribution is -0.164. The number of carbonyl (C=O) groups excluding carboxylic acids is 1. The summed E-state index contributed by atoms with van der Waals surface area (Å²) >= 11 is 6.20. The Morgan fingerprint density at radius 1 is 0.830 bits per heavy atom. The summed E-state index contributed by atoms with van der Waals surface area (Å²) in [6, 6.07) is 6.01. The molecule has 6 N–H and O–H groups in total. The first-order valence-corrected chi connectivity index (χ1v) is 35.3. The van der Waals surface area contributed by atoms with E-state index in [9.17, 15) is 18.0 Å². The second-order valence-electron chi connectivity index (χ2n) is 28.5. The van der Waals surface area contributed by atoms with Crippen LogP contribution in [0.15, 0.2) is 71.2 Å². The van der Waals surface area contributed by atoms with Crippen LogP contribution >= 0.6 is 11.6 Å². The summed E-state index contributed by atoms with van der Waals surface area (Å²) in [5.74, 6) is 2.35. The number of halogens is 4. The highest BCUT2D eigenvalue weighted by Crippen LogP contribution is 2.42. The Hall–Kier alpha value is -3.64. The molecule has 3 saturated heterocycles. The van der Waals surface area contributed by atoms with Crippen LogP contribution in [0.1, 0.15) is 196 Å². The van der Waals surface area contributed by atoms with Gasteiger partial charge in [0, 0.05) is 168 Å². The van der Waals surface area contributed by atoms with Gasteiger partial charge in [0.1, 0.15) is 0 Å². The van der Waals surface area contributed by atoms with Crippen LogP contribution in [-0.2, 0) is 17.4 Å². The molecule has 0 aromatic heterocycles. The van der Waals surface area contributed by atoms with Crippen LogP contribution in [0.2, 0.25) is 5.02 Å². The summed E-state index contributed by atoms with van der Waals surface area (Å²) in [7, 11) is 4.32. The van der Waals surface area contributed by atoms with Crippen LogP contribution in [0, 0.1) is 29.6 Å². The Morgan fingerprint density at radius 2 is 1.56 bits per heavy atom. The van der Waals surface area contributed by atoms with Gasteiger partial charge in [-0.15, -0.1) is 0 Å². The highest BCUT2D eigenvalue weighted by molar-refractivity contribution is 6.31. The Kier molecular flexibility index (Phi) is 28.0. The molecule has 17 heteroatoms. The molecule has 13 nitrogen and oxygen atoms in total. The van der Waals surface area contributed by atoms with Gasteiger partial charge in [-0.25, -0.2) is 0 Å². The molecule has 5 unspecified atom stereocenters. The van der Waals surface area contributed by atoms with E-state index in [4.69, 9.17) is 16.6 Å². The van der Waals surface area contributed by atoms with Crippen molar-refractivity contribution in [1.29, 1.82) is 0 Å². The van der Waals surface area contributed by atoms with Crippen LogP contribution in [0.25, 0.3) is 0 Å². The number of nitrogens with one attached hydrogen (secondary N) is 6. The number of nitrogens with zero attached hydrogens (tertiary/aromatic N) is 6. The van der Waals surface area contributed by atoms with Gasteiger partial charge in [-0.05, 0) is 140 Å². The molecule has 2 aliphatic carbocycles. The molecule has 1 amide bonds. The minimum Gasteiger partial charge on any atom is -0.369 e. The fourth-order valence-electron chi connectivity index (χ4n) is 15.4. The maximum atomic E-state index is 14.5. The number of allylic oxidation sites excluding steroid dienone is 4. The molecular weight excluding hydrogens is 1130 g/mol. The molecule has 1 aromatic rings. The lowest BCUT2D eigenvalue weighted by Crippen LogP contribution is -2.76. The van der Waals surface area contributed by atoms with Gasteiger partial charge in [-0.1, -0.05) is 117 Å². The van der Waals surface area contributed by atoms with Gasteiger partial charge >= 0.3 is 6.18 Å². The van der Waals surface area contributed by atoms with Gasteiger partial charge in [0.2, 0.25) is 5.91 Å². The Labute approximate surface area is 536 Å². The van der Waals surface area contributed by atoms with Crippen molar-refractivity contribution in [1.82, 2.24) is 56.4 Å². The average molecular weight is 1250 g/mol. The van der Waals surface area contributed by atoms with Crippen LogP contribution < -0.4 is 31.9 Å². The number of hydrogen-bond acceptors (Lipinski definition) is 12. The van der Waals surface area contributed by atoms with E-state index in [1.807, 2.05) is 24.7 Å². The SMILES string of the molecule is CC[C@H](C)[C@H]1C(C)NC2(CCCC2)CNCCN=CC=C(CCc2ccc(C(F)(F)F)c(Cl)c2)NC=CN(C)C=C(CC2CCCCC2)N(C)C=C2CCCN2[C@@H](C)C(C)N[C@@H]([C@@H](C)CC)CN[C@@H](CC(C)C)C(C)NCC2[C@@H](C(=O)N3CCC3)C(C)N21. The molecular formula is C71H120ClF3N12O. The highest BCUT2D eigenvalue weighted by atomic mass is 35.5. The summed E-state index contributed by atoms with van der Waals surface area (Å²) in [5, 5.41) is 23.9. The van der Waals surface area contributed by atoms with E-state index in [0.29, 0.717) is 49.0 Å². The standard InChI is InChI=1S/C71H120ClF3N12O/c1-14-50(5)65-44-80-64(41-49(3)4)53(8)79-45-66-67(69(88)85-37-22-38-85)56(11)87(66)68(51(6)15-2)54(9)82-70(31-19-20-32-70)48-77-35-34-76-33-30-59(28-26-58-27-29-62(63(72)43-58)71(73,74)75)78-36-40-83(12)46-61(42-57-23-17-16-18-24-57)84(13)47-60-25-21-39-86(60)55(10)52(7)81-65/h27,29-30,33,36,40,43,46-47,49-57,64-68,77-82H,14-26,28,31-32,34-35,37-39,41-42,44-45,48H2,1-13H3/t50-,51-,52?,53?,54?,55-,56?,64-,65+,66?,67-,68-/m0/s1. The summed E-state index contributed by atoms with van der Waals surface area (Å²) in [6.45, 7) is 32.7. The van der Waals surface area contributed by atoms with E-state index in [1.165, 1.54) is 68.5 Å². The first-order valence-electron chi connectivity index (χ1n) is 34.9. The van der Waals surface area contributed by atoms with Crippen molar-refractivity contribution >= 4 is 23.7 Å². The van der Waals surface area contributed by atoms with Crippen molar-refractivity contribution in [3.05, 3.63) is 82.3 Å². The van der Waals surface area contributed by atoms with Gasteiger partial charge in [-0.3, -0.25) is 14.7 Å². The molecule has 4 heterocycles. The Balaban J connectivity index is 1.19. The van der Waals surface area contributed by atoms with Crippen molar-refractivity contribution in [2.45, 2.75) is 258 Å². The topological polar surface area (TPSA) is 118 Å². The number of hydrogen-bond donors (Lipinski definition) is 6.